The number of carboxylic acids is 1. The highest BCUT2D eigenvalue weighted by atomic mass is 35.5. The van der Waals surface area contributed by atoms with Crippen LogP contribution in [0.15, 0.2) is 103 Å². The predicted molar refractivity (Wildman–Crippen MR) is 158 cm³/mol. The maximum atomic E-state index is 13.1. The Labute approximate surface area is 237 Å². The Morgan fingerprint density at radius 2 is 1.77 bits per heavy atom. The third kappa shape index (κ3) is 6.60. The molecule has 0 spiro atoms. The maximum absolute atomic E-state index is 13.1. The van der Waals surface area contributed by atoms with E-state index in [9.17, 15) is 14.7 Å². The number of aryl methyl sites for hydroxylation is 1. The summed E-state index contributed by atoms with van der Waals surface area (Å²) in [6, 6.07) is 27.5. The van der Waals surface area contributed by atoms with Crippen LogP contribution in [0.5, 0.6) is 0 Å². The SMILES string of the molecule is O=C(NC(CCc1ccccc1C(=O)O)c1cccc(/C=C/c2ccc3ccc(Cl)cc3n2)c1)c1cccnc1. The second-order valence-electron chi connectivity index (χ2n) is 9.35. The number of halogens is 1. The van der Waals surface area contributed by atoms with Crippen LogP contribution >= 0.6 is 11.6 Å². The van der Waals surface area contributed by atoms with Crippen molar-refractivity contribution < 1.29 is 14.7 Å². The number of aromatic carboxylic acids is 1. The van der Waals surface area contributed by atoms with E-state index in [4.69, 9.17) is 11.6 Å². The van der Waals surface area contributed by atoms with Crippen molar-refractivity contribution in [3.05, 3.63) is 142 Å². The number of rotatable bonds is 9. The molecule has 5 rings (SSSR count). The average molecular weight is 548 g/mol. The highest BCUT2D eigenvalue weighted by Gasteiger charge is 2.18. The molecule has 0 saturated heterocycles. The standard InChI is InChI=1S/C33H26ClN3O3/c34-27-14-11-24-12-16-28(36-31(24)20-27)15-10-22-5-3-7-25(19-22)30(37-32(38)26-8-4-18-35-21-26)17-13-23-6-1-2-9-29(23)33(39)40/h1-12,14-16,18-21,30H,13,17H2,(H,37,38)(H,39,40)/b15-10+. The van der Waals surface area contributed by atoms with Crippen LogP contribution < -0.4 is 5.32 Å². The van der Waals surface area contributed by atoms with E-state index in [0.29, 0.717) is 29.0 Å². The molecule has 6 nitrogen and oxygen atoms in total. The molecule has 0 saturated carbocycles. The molecule has 40 heavy (non-hydrogen) atoms. The molecule has 2 heterocycles. The van der Waals surface area contributed by atoms with Crippen LogP contribution in [-0.4, -0.2) is 27.0 Å². The number of amides is 1. The van der Waals surface area contributed by atoms with Gasteiger partial charge in [-0.2, -0.15) is 0 Å². The number of hydrogen-bond donors (Lipinski definition) is 2. The van der Waals surface area contributed by atoms with Crippen molar-refractivity contribution in [2.75, 3.05) is 0 Å². The fourth-order valence-corrected chi connectivity index (χ4v) is 4.73. The van der Waals surface area contributed by atoms with Crippen LogP contribution in [0, 0.1) is 0 Å². The molecule has 2 aromatic heterocycles. The summed E-state index contributed by atoms with van der Waals surface area (Å²) < 4.78 is 0. The van der Waals surface area contributed by atoms with Crippen molar-refractivity contribution in [2.24, 2.45) is 0 Å². The lowest BCUT2D eigenvalue weighted by Gasteiger charge is -2.20. The van der Waals surface area contributed by atoms with Crippen LogP contribution in [0.3, 0.4) is 0 Å². The Kier molecular flexibility index (Phi) is 8.28. The first kappa shape index (κ1) is 26.8. The molecule has 0 radical (unpaired) electrons. The van der Waals surface area contributed by atoms with Gasteiger partial charge in [0.15, 0.2) is 0 Å². The molecule has 1 amide bonds. The van der Waals surface area contributed by atoms with Crippen molar-refractivity contribution in [3.63, 3.8) is 0 Å². The summed E-state index contributed by atoms with van der Waals surface area (Å²) in [6.45, 7) is 0. The monoisotopic (exact) mass is 547 g/mol. The molecular weight excluding hydrogens is 522 g/mol. The van der Waals surface area contributed by atoms with Crippen LogP contribution in [0.1, 0.15) is 55.6 Å². The zero-order valence-corrected chi connectivity index (χ0v) is 22.3. The summed E-state index contributed by atoms with van der Waals surface area (Å²) in [7, 11) is 0. The zero-order chi connectivity index (χ0) is 27.9. The molecule has 5 aromatic rings. The summed E-state index contributed by atoms with van der Waals surface area (Å²) >= 11 is 6.13. The number of pyridine rings is 2. The quantitative estimate of drug-likeness (QED) is 0.203. The third-order valence-electron chi connectivity index (χ3n) is 6.61. The Hall–Kier alpha value is -4.81. The number of hydrogen-bond acceptors (Lipinski definition) is 4. The number of benzene rings is 3. The van der Waals surface area contributed by atoms with Gasteiger partial charge in [-0.25, -0.2) is 9.78 Å². The van der Waals surface area contributed by atoms with Gasteiger partial charge in [0.05, 0.1) is 28.4 Å². The minimum absolute atomic E-state index is 0.246. The maximum Gasteiger partial charge on any atom is 0.335 e. The molecule has 198 valence electrons. The lowest BCUT2D eigenvalue weighted by Crippen LogP contribution is -2.29. The van der Waals surface area contributed by atoms with E-state index in [1.807, 2.05) is 78.9 Å². The summed E-state index contributed by atoms with van der Waals surface area (Å²) in [4.78, 5) is 33.5. The highest BCUT2D eigenvalue weighted by Crippen LogP contribution is 2.24. The molecule has 0 fully saturated rings. The summed E-state index contributed by atoms with van der Waals surface area (Å²) in [5.41, 5.74) is 4.91. The first-order chi connectivity index (χ1) is 19.5. The second kappa shape index (κ2) is 12.4. The number of carbonyl (C=O) groups excluding carboxylic acids is 1. The third-order valence-corrected chi connectivity index (χ3v) is 6.85. The molecule has 0 aliphatic carbocycles. The van der Waals surface area contributed by atoms with Gasteiger partial charge in [0.2, 0.25) is 0 Å². The van der Waals surface area contributed by atoms with Crippen molar-refractivity contribution in [2.45, 2.75) is 18.9 Å². The topological polar surface area (TPSA) is 92.2 Å². The highest BCUT2D eigenvalue weighted by molar-refractivity contribution is 6.31. The number of nitrogens with zero attached hydrogens (tertiary/aromatic N) is 2. The van der Waals surface area contributed by atoms with Gasteiger partial charge in [-0.1, -0.05) is 66.2 Å². The van der Waals surface area contributed by atoms with Crippen LogP contribution in [-0.2, 0) is 6.42 Å². The minimum Gasteiger partial charge on any atom is -0.478 e. The van der Waals surface area contributed by atoms with E-state index in [1.165, 1.54) is 6.20 Å². The molecule has 0 aliphatic rings. The van der Waals surface area contributed by atoms with Gasteiger partial charge in [0.1, 0.15) is 0 Å². The van der Waals surface area contributed by atoms with E-state index in [2.05, 4.69) is 15.3 Å². The molecule has 0 bridgehead atoms. The largest absolute Gasteiger partial charge is 0.478 e. The van der Waals surface area contributed by atoms with Gasteiger partial charge in [-0.15, -0.1) is 0 Å². The fraction of sp³-hybridized carbons (Fsp3) is 0.0909. The van der Waals surface area contributed by atoms with E-state index in [-0.39, 0.29) is 17.5 Å². The van der Waals surface area contributed by atoms with Gasteiger partial charge in [-0.05, 0) is 78.1 Å². The second-order valence-corrected chi connectivity index (χ2v) is 9.78. The predicted octanol–water partition coefficient (Wildman–Crippen LogP) is 7.26. The molecular formula is C33H26ClN3O3. The molecule has 1 unspecified atom stereocenters. The smallest absolute Gasteiger partial charge is 0.335 e. The molecule has 2 N–H and O–H groups in total. The lowest BCUT2D eigenvalue weighted by molar-refractivity contribution is 0.0695. The summed E-state index contributed by atoms with van der Waals surface area (Å²) in [5, 5.41) is 14.4. The Morgan fingerprint density at radius 1 is 0.925 bits per heavy atom. The van der Waals surface area contributed by atoms with Crippen LogP contribution in [0.2, 0.25) is 5.02 Å². The van der Waals surface area contributed by atoms with Gasteiger partial charge >= 0.3 is 5.97 Å². The molecule has 0 aliphatic heterocycles. The van der Waals surface area contributed by atoms with Gasteiger partial charge in [-0.3, -0.25) is 9.78 Å². The number of fused-ring (bicyclic) bond motifs is 1. The van der Waals surface area contributed by atoms with Crippen molar-refractivity contribution in [1.29, 1.82) is 0 Å². The van der Waals surface area contributed by atoms with Crippen molar-refractivity contribution >= 4 is 46.5 Å². The minimum atomic E-state index is -0.969. The molecule has 1 atom stereocenters. The molecule has 7 heteroatoms. The Balaban J connectivity index is 1.40. The Bertz CT molecular complexity index is 1700. The van der Waals surface area contributed by atoms with E-state index in [1.54, 1.807) is 30.5 Å². The van der Waals surface area contributed by atoms with Gasteiger partial charge < -0.3 is 10.4 Å². The summed E-state index contributed by atoms with van der Waals surface area (Å²) in [5.74, 6) is -1.21. The van der Waals surface area contributed by atoms with E-state index in [0.717, 1.165) is 27.7 Å². The van der Waals surface area contributed by atoms with Crippen molar-refractivity contribution in [3.8, 4) is 0 Å². The average Bonchev–Trinajstić information content (AvgIpc) is 2.98. The van der Waals surface area contributed by atoms with E-state index >= 15 is 0 Å². The lowest BCUT2D eigenvalue weighted by atomic mass is 9.95. The normalized spacial score (nSPS) is 11.9. The first-order valence-corrected chi connectivity index (χ1v) is 13.2. The summed E-state index contributed by atoms with van der Waals surface area (Å²) in [6.07, 6.45) is 8.04. The number of carbonyl (C=O) groups is 2. The number of carboxylic acid groups (broad SMARTS) is 1. The fourth-order valence-electron chi connectivity index (χ4n) is 4.57. The van der Waals surface area contributed by atoms with Crippen LogP contribution in [0.25, 0.3) is 23.1 Å². The number of aromatic nitrogens is 2. The molecule has 3 aromatic carbocycles. The zero-order valence-electron chi connectivity index (χ0n) is 21.5. The van der Waals surface area contributed by atoms with E-state index < -0.39 is 5.97 Å². The van der Waals surface area contributed by atoms with Gasteiger partial charge in [0, 0.05) is 22.8 Å². The Morgan fingerprint density at radius 3 is 2.60 bits per heavy atom. The van der Waals surface area contributed by atoms with Gasteiger partial charge in [0.25, 0.3) is 5.91 Å². The van der Waals surface area contributed by atoms with Crippen molar-refractivity contribution in [1.82, 2.24) is 15.3 Å². The van der Waals surface area contributed by atoms with Crippen LogP contribution in [0.4, 0.5) is 0 Å². The number of nitrogens with one attached hydrogen (secondary N) is 1. The first-order valence-electron chi connectivity index (χ1n) is 12.8.